The molecule has 2 N–H and O–H groups in total. The van der Waals surface area contributed by atoms with Crippen molar-refractivity contribution >= 4 is 40.8 Å². The lowest BCUT2D eigenvalue weighted by molar-refractivity contribution is 0.0602. The van der Waals surface area contributed by atoms with Gasteiger partial charge in [0, 0.05) is 16.9 Å². The molecule has 0 radical (unpaired) electrons. The largest absolute Gasteiger partial charge is 0.465 e. The Balaban J connectivity index is 1.81. The van der Waals surface area contributed by atoms with Crippen LogP contribution in [0.15, 0.2) is 54.7 Å². The number of aromatic nitrogens is 2. The van der Waals surface area contributed by atoms with Gasteiger partial charge in [-0.2, -0.15) is 0 Å². The molecule has 1 amide bonds. The third-order valence-corrected chi connectivity index (χ3v) is 4.14. The van der Waals surface area contributed by atoms with Crippen LogP contribution in [0.3, 0.4) is 0 Å². The van der Waals surface area contributed by atoms with E-state index in [1.165, 1.54) is 19.4 Å². The fourth-order valence-corrected chi connectivity index (χ4v) is 2.73. The molecule has 1 aromatic heterocycles. The number of aryl methyl sites for hydroxylation is 1. The summed E-state index contributed by atoms with van der Waals surface area (Å²) in [5.74, 6) is -0.756. The monoisotopic (exact) mass is 396 g/mol. The second kappa shape index (κ2) is 8.49. The van der Waals surface area contributed by atoms with E-state index in [-0.39, 0.29) is 17.2 Å². The first-order valence-electron chi connectivity index (χ1n) is 8.33. The highest BCUT2D eigenvalue weighted by atomic mass is 35.5. The molecule has 0 fully saturated rings. The summed E-state index contributed by atoms with van der Waals surface area (Å²) >= 11 is 5.96. The number of rotatable bonds is 5. The van der Waals surface area contributed by atoms with E-state index in [0.717, 1.165) is 11.3 Å². The number of anilines is 3. The van der Waals surface area contributed by atoms with Gasteiger partial charge in [-0.15, -0.1) is 0 Å². The molecular formula is C20H17ClN4O3. The van der Waals surface area contributed by atoms with Gasteiger partial charge in [0.15, 0.2) is 0 Å². The summed E-state index contributed by atoms with van der Waals surface area (Å²) in [5.41, 5.74) is 2.42. The Morgan fingerprint density at radius 1 is 1.07 bits per heavy atom. The Morgan fingerprint density at radius 2 is 1.86 bits per heavy atom. The lowest BCUT2D eigenvalue weighted by atomic mass is 10.1. The Kier molecular flexibility index (Phi) is 5.86. The molecule has 2 aromatic carbocycles. The van der Waals surface area contributed by atoms with Crippen LogP contribution in [0.2, 0.25) is 5.02 Å². The molecule has 7 nitrogen and oxygen atoms in total. The number of hydrogen-bond acceptors (Lipinski definition) is 6. The van der Waals surface area contributed by atoms with Crippen LogP contribution in [0.4, 0.5) is 17.3 Å². The zero-order valence-electron chi connectivity index (χ0n) is 15.2. The first kappa shape index (κ1) is 19.3. The van der Waals surface area contributed by atoms with Crippen molar-refractivity contribution < 1.29 is 14.3 Å². The molecule has 0 aliphatic rings. The van der Waals surface area contributed by atoms with E-state index in [9.17, 15) is 9.59 Å². The first-order valence-corrected chi connectivity index (χ1v) is 8.70. The fraction of sp³-hybridized carbons (Fsp3) is 0.100. The van der Waals surface area contributed by atoms with Crippen LogP contribution in [-0.4, -0.2) is 29.0 Å². The molecular weight excluding hydrogens is 380 g/mol. The molecule has 8 heteroatoms. The minimum Gasteiger partial charge on any atom is -0.465 e. The third kappa shape index (κ3) is 4.44. The van der Waals surface area contributed by atoms with Crippen LogP contribution in [0.5, 0.6) is 0 Å². The van der Waals surface area contributed by atoms with E-state index < -0.39 is 11.9 Å². The van der Waals surface area contributed by atoms with E-state index >= 15 is 0 Å². The number of halogens is 1. The molecule has 0 spiro atoms. The average molecular weight is 397 g/mol. The molecule has 1 heterocycles. The maximum atomic E-state index is 12.6. The number of para-hydroxylation sites is 1. The van der Waals surface area contributed by atoms with Gasteiger partial charge in [-0.05, 0) is 48.9 Å². The number of ether oxygens (including phenoxy) is 1. The molecule has 142 valence electrons. The van der Waals surface area contributed by atoms with E-state index in [4.69, 9.17) is 16.3 Å². The number of carbonyl (C=O) groups is 2. The predicted octanol–water partition coefficient (Wildman–Crippen LogP) is 4.22. The van der Waals surface area contributed by atoms with Gasteiger partial charge in [0.25, 0.3) is 5.91 Å². The standard InChI is InChI=1S/C20H17ClN4O3/c1-12-11-13(21)7-8-15(12)24-20-22-10-9-17(25-20)18(26)23-16-6-4-3-5-14(16)19(27)28-2/h3-11H,1-2H3,(H,23,26)(H,22,24,25). The van der Waals surface area contributed by atoms with E-state index in [2.05, 4.69) is 20.6 Å². The van der Waals surface area contributed by atoms with Crippen molar-refractivity contribution in [2.24, 2.45) is 0 Å². The number of nitrogens with zero attached hydrogens (tertiary/aromatic N) is 2. The van der Waals surface area contributed by atoms with Crippen LogP contribution in [0.1, 0.15) is 26.4 Å². The van der Waals surface area contributed by atoms with Crippen molar-refractivity contribution in [3.63, 3.8) is 0 Å². The Labute approximate surface area is 166 Å². The summed E-state index contributed by atoms with van der Waals surface area (Å²) in [5, 5.41) is 6.37. The minimum absolute atomic E-state index is 0.142. The molecule has 3 rings (SSSR count). The SMILES string of the molecule is COC(=O)c1ccccc1NC(=O)c1ccnc(Nc2ccc(Cl)cc2C)n1. The van der Waals surface area contributed by atoms with Gasteiger partial charge in [0.1, 0.15) is 5.69 Å². The molecule has 0 aliphatic heterocycles. The van der Waals surface area contributed by atoms with Crippen LogP contribution in [0.25, 0.3) is 0 Å². The van der Waals surface area contributed by atoms with Gasteiger partial charge in [-0.1, -0.05) is 23.7 Å². The van der Waals surface area contributed by atoms with Crippen molar-refractivity contribution in [1.82, 2.24) is 9.97 Å². The second-order valence-electron chi connectivity index (χ2n) is 5.84. The van der Waals surface area contributed by atoms with Crippen LogP contribution in [-0.2, 0) is 4.74 Å². The molecule has 3 aromatic rings. The van der Waals surface area contributed by atoms with Crippen molar-refractivity contribution in [1.29, 1.82) is 0 Å². The summed E-state index contributed by atoms with van der Waals surface area (Å²) in [6.45, 7) is 1.90. The summed E-state index contributed by atoms with van der Waals surface area (Å²) in [6.07, 6.45) is 1.47. The number of nitrogens with one attached hydrogen (secondary N) is 2. The van der Waals surface area contributed by atoms with Gasteiger partial charge < -0.3 is 15.4 Å². The number of carbonyl (C=O) groups excluding carboxylic acids is 2. The number of amides is 1. The van der Waals surface area contributed by atoms with E-state index in [1.54, 1.807) is 36.4 Å². The van der Waals surface area contributed by atoms with Crippen molar-refractivity contribution in [3.8, 4) is 0 Å². The highest BCUT2D eigenvalue weighted by molar-refractivity contribution is 6.30. The first-order chi connectivity index (χ1) is 13.5. The number of methoxy groups -OCH3 is 1. The Hall–Kier alpha value is -3.45. The Morgan fingerprint density at radius 3 is 2.61 bits per heavy atom. The second-order valence-corrected chi connectivity index (χ2v) is 6.28. The van der Waals surface area contributed by atoms with Gasteiger partial charge >= 0.3 is 5.97 Å². The van der Waals surface area contributed by atoms with E-state index in [1.807, 2.05) is 13.0 Å². The molecule has 0 atom stereocenters. The summed E-state index contributed by atoms with van der Waals surface area (Å²) in [6, 6.07) is 13.4. The summed E-state index contributed by atoms with van der Waals surface area (Å²) in [4.78, 5) is 32.8. The van der Waals surface area contributed by atoms with E-state index in [0.29, 0.717) is 10.7 Å². The van der Waals surface area contributed by atoms with Crippen LogP contribution >= 0.6 is 11.6 Å². The number of esters is 1. The van der Waals surface area contributed by atoms with Crippen LogP contribution in [0, 0.1) is 6.92 Å². The normalized spacial score (nSPS) is 10.2. The van der Waals surface area contributed by atoms with Gasteiger partial charge in [-0.25, -0.2) is 14.8 Å². The average Bonchev–Trinajstić information content (AvgIpc) is 2.70. The number of benzene rings is 2. The quantitative estimate of drug-likeness (QED) is 0.627. The van der Waals surface area contributed by atoms with Crippen molar-refractivity contribution in [2.75, 3.05) is 17.7 Å². The molecule has 0 bridgehead atoms. The molecule has 0 aliphatic carbocycles. The van der Waals surface area contributed by atoms with Crippen molar-refractivity contribution in [3.05, 3.63) is 76.6 Å². The summed E-state index contributed by atoms with van der Waals surface area (Å²) < 4.78 is 4.73. The van der Waals surface area contributed by atoms with Gasteiger partial charge in [-0.3, -0.25) is 4.79 Å². The van der Waals surface area contributed by atoms with Gasteiger partial charge in [0.2, 0.25) is 5.95 Å². The fourth-order valence-electron chi connectivity index (χ4n) is 2.50. The molecule has 28 heavy (non-hydrogen) atoms. The lowest BCUT2D eigenvalue weighted by Gasteiger charge is -2.11. The van der Waals surface area contributed by atoms with Crippen LogP contribution < -0.4 is 10.6 Å². The summed E-state index contributed by atoms with van der Waals surface area (Å²) in [7, 11) is 1.28. The molecule has 0 unspecified atom stereocenters. The topological polar surface area (TPSA) is 93.2 Å². The third-order valence-electron chi connectivity index (χ3n) is 3.90. The minimum atomic E-state index is -0.542. The zero-order valence-corrected chi connectivity index (χ0v) is 15.9. The Bertz CT molecular complexity index is 1040. The zero-order chi connectivity index (χ0) is 20.1. The number of hydrogen-bond donors (Lipinski definition) is 2. The highest BCUT2D eigenvalue weighted by Gasteiger charge is 2.15. The molecule has 0 saturated heterocycles. The highest BCUT2D eigenvalue weighted by Crippen LogP contribution is 2.22. The maximum Gasteiger partial charge on any atom is 0.339 e. The smallest absolute Gasteiger partial charge is 0.339 e. The van der Waals surface area contributed by atoms with Gasteiger partial charge in [0.05, 0.1) is 18.4 Å². The maximum absolute atomic E-state index is 12.6. The molecule has 0 saturated carbocycles. The van der Waals surface area contributed by atoms with Crippen molar-refractivity contribution in [2.45, 2.75) is 6.92 Å². The predicted molar refractivity (Wildman–Crippen MR) is 107 cm³/mol. The lowest BCUT2D eigenvalue weighted by Crippen LogP contribution is -2.17.